The van der Waals surface area contributed by atoms with Crippen LogP contribution in [-0.2, 0) is 4.79 Å². The van der Waals surface area contributed by atoms with Crippen molar-refractivity contribution in [3.05, 3.63) is 65.2 Å². The number of hydrogen-bond donors (Lipinski definition) is 2. The summed E-state index contributed by atoms with van der Waals surface area (Å²) in [6, 6.07) is 13.6. The molecule has 6 nitrogen and oxygen atoms in total. The fourth-order valence-electron chi connectivity index (χ4n) is 2.63. The molecule has 0 radical (unpaired) electrons. The number of anilines is 1. The molecule has 1 atom stereocenters. The van der Waals surface area contributed by atoms with Crippen LogP contribution < -0.4 is 5.32 Å². The summed E-state index contributed by atoms with van der Waals surface area (Å²) >= 11 is 0. The summed E-state index contributed by atoms with van der Waals surface area (Å²) in [5.41, 5.74) is 2.18. The number of aliphatic carboxylic acids is 1. The van der Waals surface area contributed by atoms with Crippen LogP contribution in [0.2, 0.25) is 0 Å². The number of amides is 2. The Morgan fingerprint density at radius 2 is 1.74 bits per heavy atom. The average molecular weight is 368 g/mol. The van der Waals surface area contributed by atoms with Gasteiger partial charge in [-0.05, 0) is 50.1 Å². The lowest BCUT2D eigenvalue weighted by atomic mass is 10.1. The van der Waals surface area contributed by atoms with E-state index in [2.05, 4.69) is 5.32 Å². The van der Waals surface area contributed by atoms with Gasteiger partial charge in [-0.3, -0.25) is 14.4 Å². The highest BCUT2D eigenvalue weighted by Crippen LogP contribution is 2.20. The standard InChI is InChI=1S/C21H24N2O4/c1-4-15(3)23(13-19(24)25)21(27)17-11-10-14(2)18(12-17)22-20(26)16-8-6-5-7-9-16/h5-12,15H,4,13H2,1-3H3,(H,22,26)(H,24,25). The first kappa shape index (κ1) is 20.2. The molecule has 2 aromatic carbocycles. The summed E-state index contributed by atoms with van der Waals surface area (Å²) < 4.78 is 0. The first-order chi connectivity index (χ1) is 12.8. The summed E-state index contributed by atoms with van der Waals surface area (Å²) in [6.07, 6.45) is 0.641. The van der Waals surface area contributed by atoms with Crippen molar-refractivity contribution in [1.29, 1.82) is 0 Å². The van der Waals surface area contributed by atoms with Crippen molar-refractivity contribution >= 4 is 23.5 Å². The fourth-order valence-corrected chi connectivity index (χ4v) is 2.63. The van der Waals surface area contributed by atoms with Crippen molar-refractivity contribution in [2.45, 2.75) is 33.2 Å². The zero-order valence-electron chi connectivity index (χ0n) is 15.7. The van der Waals surface area contributed by atoms with Crippen LogP contribution in [0, 0.1) is 6.92 Å². The van der Waals surface area contributed by atoms with Crippen LogP contribution in [0.15, 0.2) is 48.5 Å². The van der Waals surface area contributed by atoms with Gasteiger partial charge in [-0.25, -0.2) is 0 Å². The van der Waals surface area contributed by atoms with Gasteiger partial charge in [0.05, 0.1) is 0 Å². The van der Waals surface area contributed by atoms with Crippen molar-refractivity contribution in [2.75, 3.05) is 11.9 Å². The number of nitrogens with one attached hydrogen (secondary N) is 1. The van der Waals surface area contributed by atoms with Crippen LogP contribution in [0.3, 0.4) is 0 Å². The largest absolute Gasteiger partial charge is 0.480 e. The van der Waals surface area contributed by atoms with Crippen molar-refractivity contribution in [2.24, 2.45) is 0 Å². The number of carboxylic acid groups (broad SMARTS) is 1. The van der Waals surface area contributed by atoms with Crippen LogP contribution in [0.25, 0.3) is 0 Å². The van der Waals surface area contributed by atoms with Gasteiger partial charge in [0.2, 0.25) is 0 Å². The van der Waals surface area contributed by atoms with Gasteiger partial charge in [-0.2, -0.15) is 0 Å². The Balaban J connectivity index is 2.28. The highest BCUT2D eigenvalue weighted by atomic mass is 16.4. The molecule has 0 saturated heterocycles. The molecule has 2 rings (SSSR count). The molecule has 0 aliphatic carbocycles. The van der Waals surface area contributed by atoms with E-state index in [4.69, 9.17) is 5.11 Å². The second-order valence-electron chi connectivity index (χ2n) is 6.43. The van der Waals surface area contributed by atoms with Crippen molar-refractivity contribution < 1.29 is 19.5 Å². The highest BCUT2D eigenvalue weighted by molar-refractivity contribution is 6.05. The van der Waals surface area contributed by atoms with E-state index in [0.29, 0.717) is 23.2 Å². The number of hydrogen-bond acceptors (Lipinski definition) is 3. The van der Waals surface area contributed by atoms with Gasteiger partial charge in [0, 0.05) is 22.9 Å². The molecule has 6 heteroatoms. The summed E-state index contributed by atoms with van der Waals surface area (Å²) in [4.78, 5) is 37.7. The Morgan fingerprint density at radius 3 is 2.33 bits per heavy atom. The SMILES string of the molecule is CCC(C)N(CC(=O)O)C(=O)c1ccc(C)c(NC(=O)c2ccccc2)c1. The molecule has 142 valence electrons. The topological polar surface area (TPSA) is 86.7 Å². The number of carboxylic acids is 1. The van der Waals surface area contributed by atoms with Gasteiger partial charge in [-0.1, -0.05) is 31.2 Å². The second-order valence-corrected chi connectivity index (χ2v) is 6.43. The van der Waals surface area contributed by atoms with E-state index < -0.39 is 5.97 Å². The van der Waals surface area contributed by atoms with E-state index in [1.54, 1.807) is 42.5 Å². The van der Waals surface area contributed by atoms with Gasteiger partial charge in [0.1, 0.15) is 6.54 Å². The first-order valence-corrected chi connectivity index (χ1v) is 8.83. The third-order valence-corrected chi connectivity index (χ3v) is 4.46. The summed E-state index contributed by atoms with van der Waals surface area (Å²) in [5, 5.41) is 11.9. The maximum atomic E-state index is 12.8. The van der Waals surface area contributed by atoms with E-state index in [0.717, 1.165) is 5.56 Å². The number of rotatable bonds is 7. The number of nitrogens with zero attached hydrogens (tertiary/aromatic N) is 1. The summed E-state index contributed by atoms with van der Waals surface area (Å²) in [6.45, 7) is 5.17. The maximum Gasteiger partial charge on any atom is 0.323 e. The number of carbonyl (C=O) groups excluding carboxylic acids is 2. The van der Waals surface area contributed by atoms with E-state index in [1.165, 1.54) is 4.90 Å². The second kappa shape index (κ2) is 8.98. The van der Waals surface area contributed by atoms with Crippen molar-refractivity contribution in [3.63, 3.8) is 0 Å². The molecule has 0 fully saturated rings. The Bertz CT molecular complexity index is 833. The predicted molar refractivity (Wildman–Crippen MR) is 104 cm³/mol. The molecule has 2 amide bonds. The Labute approximate surface area is 158 Å². The Morgan fingerprint density at radius 1 is 1.07 bits per heavy atom. The lowest BCUT2D eigenvalue weighted by Gasteiger charge is -2.27. The zero-order valence-corrected chi connectivity index (χ0v) is 15.7. The minimum atomic E-state index is -1.06. The van der Waals surface area contributed by atoms with Crippen LogP contribution in [0.1, 0.15) is 46.5 Å². The molecular weight excluding hydrogens is 344 g/mol. The lowest BCUT2D eigenvalue weighted by Crippen LogP contribution is -2.41. The van der Waals surface area contributed by atoms with Crippen LogP contribution >= 0.6 is 0 Å². The minimum Gasteiger partial charge on any atom is -0.480 e. The molecule has 0 aliphatic heterocycles. The third-order valence-electron chi connectivity index (χ3n) is 4.46. The number of aryl methyl sites for hydroxylation is 1. The molecular formula is C21H24N2O4. The minimum absolute atomic E-state index is 0.211. The molecule has 0 heterocycles. The molecule has 0 spiro atoms. The zero-order chi connectivity index (χ0) is 20.0. The first-order valence-electron chi connectivity index (χ1n) is 8.83. The van der Waals surface area contributed by atoms with Gasteiger partial charge in [-0.15, -0.1) is 0 Å². The lowest BCUT2D eigenvalue weighted by molar-refractivity contribution is -0.138. The number of carbonyl (C=O) groups is 3. The summed E-state index contributed by atoms with van der Waals surface area (Å²) in [7, 11) is 0. The fraction of sp³-hybridized carbons (Fsp3) is 0.286. The van der Waals surface area contributed by atoms with E-state index in [-0.39, 0.29) is 24.4 Å². The molecule has 2 N–H and O–H groups in total. The Kier molecular flexibility index (Phi) is 6.71. The molecule has 27 heavy (non-hydrogen) atoms. The third kappa shape index (κ3) is 5.17. The van der Waals surface area contributed by atoms with Crippen LogP contribution in [0.4, 0.5) is 5.69 Å². The predicted octanol–water partition coefficient (Wildman–Crippen LogP) is 3.57. The van der Waals surface area contributed by atoms with E-state index >= 15 is 0 Å². The van der Waals surface area contributed by atoms with Gasteiger partial charge >= 0.3 is 5.97 Å². The monoisotopic (exact) mass is 368 g/mol. The van der Waals surface area contributed by atoms with E-state index in [1.807, 2.05) is 26.8 Å². The van der Waals surface area contributed by atoms with Crippen molar-refractivity contribution in [3.8, 4) is 0 Å². The van der Waals surface area contributed by atoms with Crippen molar-refractivity contribution in [1.82, 2.24) is 4.90 Å². The normalized spacial score (nSPS) is 11.5. The molecule has 2 aromatic rings. The van der Waals surface area contributed by atoms with Crippen LogP contribution in [-0.4, -0.2) is 40.4 Å². The highest BCUT2D eigenvalue weighted by Gasteiger charge is 2.23. The molecule has 1 unspecified atom stereocenters. The van der Waals surface area contributed by atoms with Gasteiger partial charge in [0.25, 0.3) is 11.8 Å². The quantitative estimate of drug-likeness (QED) is 0.782. The van der Waals surface area contributed by atoms with Gasteiger partial charge in [0.15, 0.2) is 0 Å². The number of benzene rings is 2. The molecule has 0 aliphatic rings. The van der Waals surface area contributed by atoms with Gasteiger partial charge < -0.3 is 15.3 Å². The average Bonchev–Trinajstić information content (AvgIpc) is 2.67. The van der Waals surface area contributed by atoms with Crippen LogP contribution in [0.5, 0.6) is 0 Å². The summed E-state index contributed by atoms with van der Waals surface area (Å²) in [5.74, 6) is -1.71. The molecule has 0 saturated carbocycles. The van der Waals surface area contributed by atoms with E-state index in [9.17, 15) is 14.4 Å². The molecule has 0 bridgehead atoms. The maximum absolute atomic E-state index is 12.8. The Hall–Kier alpha value is -3.15. The molecule has 0 aromatic heterocycles. The smallest absolute Gasteiger partial charge is 0.323 e.